The third kappa shape index (κ3) is 6.19. The van der Waals surface area contributed by atoms with Crippen LogP contribution in [0.2, 0.25) is 0 Å². The molecule has 1 unspecified atom stereocenters. The lowest BCUT2D eigenvalue weighted by Gasteiger charge is -2.38. The first-order valence-corrected chi connectivity index (χ1v) is 11.2. The van der Waals surface area contributed by atoms with E-state index < -0.39 is 0 Å². The third-order valence-corrected chi connectivity index (χ3v) is 6.60. The Morgan fingerprint density at radius 3 is 2.60 bits per heavy atom. The molecule has 30 heavy (non-hydrogen) atoms. The summed E-state index contributed by atoms with van der Waals surface area (Å²) in [7, 11) is 1.75. The molecule has 0 N–H and O–H groups in total. The van der Waals surface area contributed by atoms with Gasteiger partial charge in [0.25, 0.3) is 5.91 Å². The minimum absolute atomic E-state index is 0.0754. The number of ether oxygens (including phenoxy) is 3. The molecule has 2 saturated heterocycles. The number of rotatable bonds is 9. The van der Waals surface area contributed by atoms with E-state index in [2.05, 4.69) is 18.7 Å². The van der Waals surface area contributed by atoms with E-state index in [1.807, 2.05) is 36.1 Å². The Bertz CT molecular complexity index is 668. The van der Waals surface area contributed by atoms with Gasteiger partial charge >= 0.3 is 0 Å². The molecule has 0 bridgehead atoms. The van der Waals surface area contributed by atoms with Crippen molar-refractivity contribution >= 4 is 5.91 Å². The van der Waals surface area contributed by atoms with Crippen LogP contribution in [0.3, 0.4) is 0 Å². The standard InChI is InChI=1S/C24H38N2O4/c1-19(2)26(13-14-28-4)16-22-15-24(18-30-22)9-11-25(12-10-24)23(27)17-29-21-7-5-20(3)6-8-21/h5-8,19,22H,9-18H2,1-4H3. The van der Waals surface area contributed by atoms with E-state index >= 15 is 0 Å². The molecule has 1 atom stereocenters. The highest BCUT2D eigenvalue weighted by atomic mass is 16.5. The minimum atomic E-state index is 0.0754. The molecule has 0 aromatic heterocycles. The first kappa shape index (κ1) is 23.0. The van der Waals surface area contributed by atoms with Crippen LogP contribution in [-0.4, -0.2) is 81.0 Å². The molecule has 6 nitrogen and oxygen atoms in total. The fourth-order valence-corrected chi connectivity index (χ4v) is 4.49. The molecule has 1 aromatic rings. The molecule has 0 radical (unpaired) electrons. The molecule has 0 saturated carbocycles. The van der Waals surface area contributed by atoms with Crippen molar-refractivity contribution in [1.29, 1.82) is 0 Å². The van der Waals surface area contributed by atoms with E-state index in [0.717, 1.165) is 64.4 Å². The van der Waals surface area contributed by atoms with Gasteiger partial charge in [-0.25, -0.2) is 0 Å². The summed E-state index contributed by atoms with van der Waals surface area (Å²) < 4.78 is 17.1. The van der Waals surface area contributed by atoms with Crippen LogP contribution in [0.25, 0.3) is 0 Å². The number of carbonyl (C=O) groups is 1. The van der Waals surface area contributed by atoms with E-state index in [9.17, 15) is 4.79 Å². The molecule has 1 amide bonds. The smallest absolute Gasteiger partial charge is 0.260 e. The third-order valence-electron chi connectivity index (χ3n) is 6.60. The molecular weight excluding hydrogens is 380 g/mol. The summed E-state index contributed by atoms with van der Waals surface area (Å²) in [5.41, 5.74) is 1.41. The van der Waals surface area contributed by atoms with Crippen LogP contribution in [0.5, 0.6) is 5.75 Å². The second-order valence-electron chi connectivity index (χ2n) is 9.20. The summed E-state index contributed by atoms with van der Waals surface area (Å²) in [4.78, 5) is 17.0. The van der Waals surface area contributed by atoms with Crippen molar-refractivity contribution in [2.45, 2.75) is 52.2 Å². The lowest BCUT2D eigenvalue weighted by atomic mass is 9.76. The number of hydrogen-bond donors (Lipinski definition) is 0. The highest BCUT2D eigenvalue weighted by Crippen LogP contribution is 2.42. The van der Waals surface area contributed by atoms with E-state index in [4.69, 9.17) is 14.2 Å². The SMILES string of the molecule is COCCN(CC1CC2(CCN(C(=O)COc3ccc(C)cc3)CC2)CO1)C(C)C. The maximum Gasteiger partial charge on any atom is 0.260 e. The maximum atomic E-state index is 12.6. The van der Waals surface area contributed by atoms with Gasteiger partial charge in [-0.05, 0) is 57.6 Å². The molecule has 2 heterocycles. The Balaban J connectivity index is 1.43. The summed E-state index contributed by atoms with van der Waals surface area (Å²) in [5.74, 6) is 0.823. The Morgan fingerprint density at radius 1 is 1.27 bits per heavy atom. The zero-order valence-corrected chi connectivity index (χ0v) is 19.1. The Kier molecular flexibility index (Phi) is 8.14. The molecule has 1 aromatic carbocycles. The molecule has 3 rings (SSSR count). The van der Waals surface area contributed by atoms with Gasteiger partial charge in [0.05, 0.1) is 19.3 Å². The second-order valence-corrected chi connectivity index (χ2v) is 9.20. The highest BCUT2D eigenvalue weighted by molar-refractivity contribution is 5.77. The topological polar surface area (TPSA) is 51.2 Å². The van der Waals surface area contributed by atoms with E-state index in [0.29, 0.717) is 6.04 Å². The Hall–Kier alpha value is -1.63. The number of carbonyl (C=O) groups excluding carboxylic acids is 1. The lowest BCUT2D eigenvalue weighted by Crippen LogP contribution is -2.45. The summed E-state index contributed by atoms with van der Waals surface area (Å²) in [5, 5.41) is 0. The van der Waals surface area contributed by atoms with Crippen LogP contribution in [0.15, 0.2) is 24.3 Å². The van der Waals surface area contributed by atoms with Crippen molar-refractivity contribution in [1.82, 2.24) is 9.80 Å². The fourth-order valence-electron chi connectivity index (χ4n) is 4.49. The predicted molar refractivity (Wildman–Crippen MR) is 118 cm³/mol. The van der Waals surface area contributed by atoms with E-state index in [1.54, 1.807) is 7.11 Å². The largest absolute Gasteiger partial charge is 0.484 e. The van der Waals surface area contributed by atoms with Crippen molar-refractivity contribution < 1.29 is 19.0 Å². The average molecular weight is 419 g/mol. The van der Waals surface area contributed by atoms with Crippen molar-refractivity contribution in [3.05, 3.63) is 29.8 Å². The number of amides is 1. The molecule has 6 heteroatoms. The number of aryl methyl sites for hydroxylation is 1. The zero-order valence-electron chi connectivity index (χ0n) is 19.1. The van der Waals surface area contributed by atoms with Crippen molar-refractivity contribution in [3.8, 4) is 5.75 Å². The number of likely N-dealkylation sites (tertiary alicyclic amines) is 1. The van der Waals surface area contributed by atoms with E-state index in [-0.39, 0.29) is 24.0 Å². The summed E-state index contributed by atoms with van der Waals surface area (Å²) >= 11 is 0. The number of hydrogen-bond acceptors (Lipinski definition) is 5. The molecule has 2 aliphatic heterocycles. The fraction of sp³-hybridized carbons (Fsp3) is 0.708. The molecular formula is C24H38N2O4. The molecule has 0 aliphatic carbocycles. The summed E-state index contributed by atoms with van der Waals surface area (Å²) in [6, 6.07) is 8.30. The van der Waals surface area contributed by atoms with Crippen molar-refractivity contribution in [3.63, 3.8) is 0 Å². The number of piperidine rings is 1. The van der Waals surface area contributed by atoms with Crippen LogP contribution >= 0.6 is 0 Å². The number of methoxy groups -OCH3 is 1. The monoisotopic (exact) mass is 418 g/mol. The first-order valence-electron chi connectivity index (χ1n) is 11.2. The lowest BCUT2D eigenvalue weighted by molar-refractivity contribution is -0.135. The molecule has 1 spiro atoms. The molecule has 168 valence electrons. The maximum absolute atomic E-state index is 12.6. The van der Waals surface area contributed by atoms with Crippen LogP contribution in [-0.2, 0) is 14.3 Å². The quantitative estimate of drug-likeness (QED) is 0.617. The van der Waals surface area contributed by atoms with Gasteiger partial charge in [0.2, 0.25) is 0 Å². The Labute approximate surface area is 181 Å². The van der Waals surface area contributed by atoms with Gasteiger partial charge in [0.1, 0.15) is 5.75 Å². The van der Waals surface area contributed by atoms with Crippen LogP contribution in [0.4, 0.5) is 0 Å². The summed E-state index contributed by atoms with van der Waals surface area (Å²) in [6.07, 6.45) is 3.39. The average Bonchev–Trinajstić information content (AvgIpc) is 3.12. The molecule has 2 aliphatic rings. The summed E-state index contributed by atoms with van der Waals surface area (Å²) in [6.45, 7) is 11.6. The zero-order chi connectivity index (χ0) is 21.6. The first-order chi connectivity index (χ1) is 14.4. The number of nitrogens with zero attached hydrogens (tertiary/aromatic N) is 2. The van der Waals surface area contributed by atoms with Gasteiger partial charge in [-0.1, -0.05) is 17.7 Å². The Morgan fingerprint density at radius 2 is 1.97 bits per heavy atom. The normalized spacial score (nSPS) is 21.0. The van der Waals surface area contributed by atoms with Gasteiger partial charge in [-0.15, -0.1) is 0 Å². The van der Waals surface area contributed by atoms with Gasteiger partial charge < -0.3 is 19.1 Å². The van der Waals surface area contributed by atoms with Gasteiger partial charge in [-0.3, -0.25) is 9.69 Å². The molecule has 2 fully saturated rings. The van der Waals surface area contributed by atoms with Gasteiger partial charge in [-0.2, -0.15) is 0 Å². The predicted octanol–water partition coefficient (Wildman–Crippen LogP) is 3.13. The van der Waals surface area contributed by atoms with Crippen LogP contribution in [0, 0.1) is 12.3 Å². The van der Waals surface area contributed by atoms with Crippen molar-refractivity contribution in [2.75, 3.05) is 53.1 Å². The highest BCUT2D eigenvalue weighted by Gasteiger charge is 2.43. The second kappa shape index (κ2) is 10.6. The minimum Gasteiger partial charge on any atom is -0.484 e. The van der Waals surface area contributed by atoms with Crippen LogP contribution < -0.4 is 4.74 Å². The van der Waals surface area contributed by atoms with Gasteiger partial charge in [0, 0.05) is 39.3 Å². The van der Waals surface area contributed by atoms with Gasteiger partial charge in [0.15, 0.2) is 6.61 Å². The van der Waals surface area contributed by atoms with Crippen molar-refractivity contribution in [2.24, 2.45) is 5.41 Å². The van der Waals surface area contributed by atoms with E-state index in [1.165, 1.54) is 5.56 Å². The number of benzene rings is 1. The van der Waals surface area contributed by atoms with Crippen LogP contribution in [0.1, 0.15) is 38.7 Å².